The van der Waals surface area contributed by atoms with Crippen molar-refractivity contribution in [1.29, 1.82) is 0 Å². The average Bonchev–Trinajstić information content (AvgIpc) is 3.07. The Morgan fingerprint density at radius 3 is 2.76 bits per heavy atom. The Morgan fingerprint density at radius 1 is 1.36 bits per heavy atom. The molecule has 132 valence electrons. The summed E-state index contributed by atoms with van der Waals surface area (Å²) >= 11 is 5.63. The van der Waals surface area contributed by atoms with E-state index in [4.69, 9.17) is 16.1 Å². The van der Waals surface area contributed by atoms with E-state index >= 15 is 0 Å². The number of anilines is 1. The molecule has 0 amide bonds. The van der Waals surface area contributed by atoms with Crippen LogP contribution in [0.25, 0.3) is 0 Å². The number of nitrogens with one attached hydrogen (secondary N) is 1. The smallest absolute Gasteiger partial charge is 0.266 e. The second kappa shape index (κ2) is 6.41. The highest BCUT2D eigenvalue weighted by molar-refractivity contribution is 7.92. The summed E-state index contributed by atoms with van der Waals surface area (Å²) in [5.74, 6) is -0.238. The predicted octanol–water partition coefficient (Wildman–Crippen LogP) is 1.92. The molecule has 25 heavy (non-hydrogen) atoms. The molecular weight excluding hydrogens is 375 g/mol. The predicted molar refractivity (Wildman–Crippen MR) is 85.1 cm³/mol. The number of hydrogen-bond donors (Lipinski definition) is 1. The van der Waals surface area contributed by atoms with Gasteiger partial charge in [0.1, 0.15) is 17.3 Å². The van der Waals surface area contributed by atoms with Crippen LogP contribution in [0.4, 0.5) is 10.2 Å². The van der Waals surface area contributed by atoms with Crippen LogP contribution in [0.3, 0.4) is 0 Å². The molecule has 0 spiro atoms. The lowest BCUT2D eigenvalue weighted by Crippen LogP contribution is -2.16. The molecule has 1 aromatic carbocycles. The van der Waals surface area contributed by atoms with Gasteiger partial charge in [0, 0.05) is 11.9 Å². The molecule has 0 aliphatic rings. The number of nitrogens with zero attached hydrogens (tertiary/aromatic N) is 5. The maximum Gasteiger partial charge on any atom is 0.266 e. The zero-order chi connectivity index (χ0) is 18.2. The zero-order valence-corrected chi connectivity index (χ0v) is 14.6. The molecule has 0 aliphatic carbocycles. The molecule has 0 unspecified atom stereocenters. The van der Waals surface area contributed by atoms with Gasteiger partial charge in [-0.1, -0.05) is 22.0 Å². The summed E-state index contributed by atoms with van der Waals surface area (Å²) < 4.78 is 47.0. The molecule has 12 heteroatoms. The number of halogens is 2. The van der Waals surface area contributed by atoms with Crippen LogP contribution in [-0.4, -0.2) is 33.6 Å². The number of hydrogen-bond acceptors (Lipinski definition) is 7. The molecule has 0 aliphatic heterocycles. The van der Waals surface area contributed by atoms with Gasteiger partial charge in [-0.3, -0.25) is 4.72 Å². The SMILES string of the molecule is Cc1nc(Cn2nnc(NS(=O)(=O)c3ccc(Cl)cc3F)c2C)no1. The number of aryl methyl sites for hydroxylation is 1. The summed E-state index contributed by atoms with van der Waals surface area (Å²) in [7, 11) is -4.19. The molecule has 3 aromatic rings. The molecule has 0 fully saturated rings. The van der Waals surface area contributed by atoms with Gasteiger partial charge in [0.15, 0.2) is 11.6 Å². The van der Waals surface area contributed by atoms with Crippen molar-refractivity contribution in [3.05, 3.63) is 46.4 Å². The van der Waals surface area contributed by atoms with Crippen molar-refractivity contribution in [1.82, 2.24) is 25.1 Å². The van der Waals surface area contributed by atoms with E-state index in [1.165, 1.54) is 10.7 Å². The summed E-state index contributed by atoms with van der Waals surface area (Å²) in [6.07, 6.45) is 0. The van der Waals surface area contributed by atoms with Gasteiger partial charge < -0.3 is 4.52 Å². The van der Waals surface area contributed by atoms with E-state index < -0.39 is 20.7 Å². The fraction of sp³-hybridized carbons (Fsp3) is 0.231. The Kier molecular flexibility index (Phi) is 4.43. The highest BCUT2D eigenvalue weighted by atomic mass is 35.5. The highest BCUT2D eigenvalue weighted by Gasteiger charge is 2.22. The normalized spacial score (nSPS) is 11.7. The molecule has 2 aromatic heterocycles. The van der Waals surface area contributed by atoms with E-state index in [2.05, 4.69) is 25.2 Å². The Bertz CT molecular complexity index is 1030. The second-order valence-corrected chi connectivity index (χ2v) is 7.18. The van der Waals surface area contributed by atoms with Crippen molar-refractivity contribution in [2.75, 3.05) is 4.72 Å². The third-order valence-electron chi connectivity index (χ3n) is 3.26. The number of rotatable bonds is 5. The molecule has 0 atom stereocenters. The van der Waals surface area contributed by atoms with Gasteiger partial charge in [-0.15, -0.1) is 5.10 Å². The van der Waals surface area contributed by atoms with Crippen LogP contribution in [0.2, 0.25) is 5.02 Å². The summed E-state index contributed by atoms with van der Waals surface area (Å²) in [6.45, 7) is 3.39. The molecule has 0 bridgehead atoms. The van der Waals surface area contributed by atoms with Gasteiger partial charge in [-0.25, -0.2) is 17.5 Å². The first-order valence-electron chi connectivity index (χ1n) is 6.93. The van der Waals surface area contributed by atoms with Gasteiger partial charge >= 0.3 is 0 Å². The van der Waals surface area contributed by atoms with Crippen LogP contribution in [0.15, 0.2) is 27.6 Å². The van der Waals surface area contributed by atoms with Crippen molar-refractivity contribution in [2.45, 2.75) is 25.3 Å². The number of sulfonamides is 1. The molecule has 0 saturated heterocycles. The van der Waals surface area contributed by atoms with Crippen molar-refractivity contribution in [2.24, 2.45) is 0 Å². The lowest BCUT2D eigenvalue weighted by Gasteiger charge is -2.07. The molecule has 3 rings (SSSR count). The topological polar surface area (TPSA) is 116 Å². The van der Waals surface area contributed by atoms with E-state index in [9.17, 15) is 12.8 Å². The van der Waals surface area contributed by atoms with Crippen molar-refractivity contribution in [3.8, 4) is 0 Å². The largest absolute Gasteiger partial charge is 0.340 e. The van der Waals surface area contributed by atoms with Gasteiger partial charge in [0.2, 0.25) is 5.89 Å². The minimum Gasteiger partial charge on any atom is -0.340 e. The summed E-state index contributed by atoms with van der Waals surface area (Å²) in [5.41, 5.74) is 0.403. The molecule has 9 nitrogen and oxygen atoms in total. The maximum absolute atomic E-state index is 13.9. The number of aromatic nitrogens is 5. The van der Waals surface area contributed by atoms with Crippen molar-refractivity contribution >= 4 is 27.4 Å². The Morgan fingerprint density at radius 2 is 2.12 bits per heavy atom. The lowest BCUT2D eigenvalue weighted by atomic mass is 10.3. The summed E-state index contributed by atoms with van der Waals surface area (Å²) in [5, 5.41) is 11.4. The van der Waals surface area contributed by atoms with E-state index in [1.54, 1.807) is 13.8 Å². The number of benzene rings is 1. The standard InChI is InChI=1S/C13H12ClFN6O3S/c1-7-13(17-20-21(7)6-12-16-8(2)24-18-12)19-25(22,23)11-4-3-9(14)5-10(11)15/h3-5,19H,6H2,1-2H3. The van der Waals surface area contributed by atoms with Crippen molar-refractivity contribution in [3.63, 3.8) is 0 Å². The maximum atomic E-state index is 13.9. The van der Waals surface area contributed by atoms with Gasteiger partial charge in [-0.2, -0.15) is 4.98 Å². The van der Waals surface area contributed by atoms with E-state index in [1.807, 2.05) is 0 Å². The van der Waals surface area contributed by atoms with Crippen LogP contribution in [-0.2, 0) is 16.6 Å². The third kappa shape index (κ3) is 3.61. The first-order chi connectivity index (χ1) is 11.8. The minimum absolute atomic E-state index is 0.0328. The zero-order valence-electron chi connectivity index (χ0n) is 13.1. The Labute approximate surface area is 146 Å². The average molecular weight is 387 g/mol. The lowest BCUT2D eigenvalue weighted by molar-refractivity contribution is 0.384. The van der Waals surface area contributed by atoms with E-state index in [-0.39, 0.29) is 17.4 Å². The van der Waals surface area contributed by atoms with Crippen LogP contribution < -0.4 is 4.72 Å². The van der Waals surface area contributed by atoms with E-state index in [0.717, 1.165) is 12.1 Å². The molecule has 2 heterocycles. The Balaban J connectivity index is 1.85. The molecule has 0 radical (unpaired) electrons. The highest BCUT2D eigenvalue weighted by Crippen LogP contribution is 2.22. The monoisotopic (exact) mass is 386 g/mol. The van der Waals surface area contributed by atoms with Crippen LogP contribution in [0.1, 0.15) is 17.4 Å². The Hall–Kier alpha value is -2.53. The van der Waals surface area contributed by atoms with Crippen LogP contribution in [0, 0.1) is 19.7 Å². The molecule has 0 saturated carbocycles. The summed E-state index contributed by atoms with van der Waals surface area (Å²) in [4.78, 5) is 3.49. The minimum atomic E-state index is -4.19. The third-order valence-corrected chi connectivity index (χ3v) is 4.87. The molecular formula is C13H12ClFN6O3S. The fourth-order valence-corrected chi connectivity index (χ4v) is 3.29. The quantitative estimate of drug-likeness (QED) is 0.712. The first kappa shape index (κ1) is 17.3. The first-order valence-corrected chi connectivity index (χ1v) is 8.79. The van der Waals surface area contributed by atoms with Gasteiger partial charge in [0.05, 0.1) is 5.69 Å². The van der Waals surface area contributed by atoms with Crippen LogP contribution >= 0.6 is 11.6 Å². The van der Waals surface area contributed by atoms with Crippen LogP contribution in [0.5, 0.6) is 0 Å². The summed E-state index contributed by atoms with van der Waals surface area (Å²) in [6, 6.07) is 3.27. The van der Waals surface area contributed by atoms with Crippen molar-refractivity contribution < 1.29 is 17.3 Å². The second-order valence-electron chi connectivity index (χ2n) is 5.09. The van der Waals surface area contributed by atoms with E-state index in [0.29, 0.717) is 17.4 Å². The van der Waals surface area contributed by atoms with Gasteiger partial charge in [0.25, 0.3) is 10.0 Å². The molecule has 1 N–H and O–H groups in total. The van der Waals surface area contributed by atoms with Gasteiger partial charge in [-0.05, 0) is 25.1 Å². The fourth-order valence-electron chi connectivity index (χ4n) is 2.02.